The van der Waals surface area contributed by atoms with Crippen LogP contribution < -0.4 is 4.74 Å². The molecule has 0 amide bonds. The highest BCUT2D eigenvalue weighted by molar-refractivity contribution is 5.52. The van der Waals surface area contributed by atoms with Gasteiger partial charge in [-0.1, -0.05) is 42.5 Å². The zero-order valence-corrected chi connectivity index (χ0v) is 9.91. The number of hydrogen-bond donors (Lipinski definition) is 0. The van der Waals surface area contributed by atoms with Crippen molar-refractivity contribution in [2.24, 2.45) is 0 Å². The molecule has 2 aromatic carbocycles. The zero-order valence-electron chi connectivity index (χ0n) is 9.91. The van der Waals surface area contributed by atoms with E-state index in [9.17, 15) is 0 Å². The van der Waals surface area contributed by atoms with Crippen molar-refractivity contribution in [1.82, 2.24) is 0 Å². The molecule has 0 heterocycles. The molecule has 0 unspecified atom stereocenters. The van der Waals surface area contributed by atoms with Gasteiger partial charge < -0.3 is 4.74 Å². The van der Waals surface area contributed by atoms with Gasteiger partial charge in [0.2, 0.25) is 0 Å². The van der Waals surface area contributed by atoms with E-state index < -0.39 is 0 Å². The van der Waals surface area contributed by atoms with Crippen LogP contribution >= 0.6 is 0 Å². The molecule has 0 N–H and O–H groups in total. The maximum Gasteiger partial charge on any atom is 0.119 e. The molecule has 0 aliphatic heterocycles. The van der Waals surface area contributed by atoms with E-state index >= 15 is 0 Å². The topological polar surface area (TPSA) is 33.0 Å². The summed E-state index contributed by atoms with van der Waals surface area (Å²) < 4.78 is 5.66. The Morgan fingerprint density at radius 3 is 2.39 bits per heavy atom. The lowest BCUT2D eigenvalue weighted by Gasteiger charge is -2.06. The monoisotopic (exact) mass is 235 g/mol. The molecule has 0 spiro atoms. The lowest BCUT2D eigenvalue weighted by atomic mass is 10.2. The minimum atomic E-state index is 0.564. The minimum absolute atomic E-state index is 0.564. The lowest BCUT2D eigenvalue weighted by Crippen LogP contribution is -1.94. The van der Waals surface area contributed by atoms with Crippen LogP contribution in [0.15, 0.2) is 60.7 Å². The standard InChI is InChI=1S/C16H13NO/c17-12-4-7-14-8-10-16(11-9-14)18-13-15-5-2-1-3-6-15/h1-11H,13H2/b7-4-. The van der Waals surface area contributed by atoms with E-state index in [1.807, 2.05) is 60.7 Å². The molecule has 88 valence electrons. The summed E-state index contributed by atoms with van der Waals surface area (Å²) >= 11 is 0. The Morgan fingerprint density at radius 1 is 1.00 bits per heavy atom. The van der Waals surface area contributed by atoms with Crippen LogP contribution in [0.25, 0.3) is 6.08 Å². The second-order valence-corrected chi connectivity index (χ2v) is 3.81. The molecule has 0 atom stereocenters. The van der Waals surface area contributed by atoms with E-state index in [2.05, 4.69) is 0 Å². The van der Waals surface area contributed by atoms with Crippen molar-refractivity contribution < 1.29 is 4.74 Å². The average molecular weight is 235 g/mol. The predicted octanol–water partition coefficient (Wildman–Crippen LogP) is 3.80. The van der Waals surface area contributed by atoms with Crippen molar-refractivity contribution in [3.05, 3.63) is 71.8 Å². The van der Waals surface area contributed by atoms with Gasteiger partial charge in [-0.15, -0.1) is 0 Å². The third kappa shape index (κ3) is 3.50. The number of benzene rings is 2. The van der Waals surface area contributed by atoms with Gasteiger partial charge in [0, 0.05) is 6.08 Å². The van der Waals surface area contributed by atoms with Crippen molar-refractivity contribution in [3.8, 4) is 11.8 Å². The molecular formula is C16H13NO. The molecular weight excluding hydrogens is 222 g/mol. The van der Waals surface area contributed by atoms with Crippen molar-refractivity contribution in [1.29, 1.82) is 5.26 Å². The maximum atomic E-state index is 8.43. The number of allylic oxidation sites excluding steroid dienone is 1. The highest BCUT2D eigenvalue weighted by Gasteiger charge is 1.95. The average Bonchev–Trinajstić information content (AvgIpc) is 2.45. The van der Waals surface area contributed by atoms with E-state index in [1.165, 1.54) is 6.08 Å². The van der Waals surface area contributed by atoms with Crippen LogP contribution in [0.1, 0.15) is 11.1 Å². The summed E-state index contributed by atoms with van der Waals surface area (Å²) in [6, 6.07) is 19.7. The van der Waals surface area contributed by atoms with E-state index in [-0.39, 0.29) is 0 Å². The quantitative estimate of drug-likeness (QED) is 0.755. The molecule has 2 nitrogen and oxygen atoms in total. The van der Waals surface area contributed by atoms with Gasteiger partial charge in [-0.25, -0.2) is 0 Å². The molecule has 0 radical (unpaired) electrons. The number of nitrogens with zero attached hydrogens (tertiary/aromatic N) is 1. The smallest absolute Gasteiger partial charge is 0.119 e. The SMILES string of the molecule is N#C/C=C\c1ccc(OCc2ccccc2)cc1. The summed E-state index contributed by atoms with van der Waals surface area (Å²) in [6.07, 6.45) is 3.22. The van der Waals surface area contributed by atoms with Gasteiger partial charge in [0.15, 0.2) is 0 Å². The predicted molar refractivity (Wildman–Crippen MR) is 71.9 cm³/mol. The molecule has 2 rings (SSSR count). The molecule has 0 aromatic heterocycles. The molecule has 2 heteroatoms. The Hall–Kier alpha value is -2.53. The van der Waals surface area contributed by atoms with Crippen molar-refractivity contribution >= 4 is 6.08 Å². The summed E-state index contributed by atoms with van der Waals surface area (Å²) in [4.78, 5) is 0. The Labute approximate surface area is 107 Å². The molecule has 0 aliphatic carbocycles. The Kier molecular flexibility index (Phi) is 4.16. The van der Waals surface area contributed by atoms with Gasteiger partial charge in [-0.2, -0.15) is 5.26 Å². The van der Waals surface area contributed by atoms with Gasteiger partial charge in [-0.3, -0.25) is 0 Å². The molecule has 0 saturated heterocycles. The molecule has 0 fully saturated rings. The third-order valence-corrected chi connectivity index (χ3v) is 2.48. The van der Waals surface area contributed by atoms with Gasteiger partial charge in [0.25, 0.3) is 0 Å². The molecule has 2 aromatic rings. The Balaban J connectivity index is 1.95. The van der Waals surface area contributed by atoms with Gasteiger partial charge in [0.05, 0.1) is 6.07 Å². The van der Waals surface area contributed by atoms with Gasteiger partial charge in [0.1, 0.15) is 12.4 Å². The summed E-state index contributed by atoms with van der Waals surface area (Å²) in [5.41, 5.74) is 2.13. The lowest BCUT2D eigenvalue weighted by molar-refractivity contribution is 0.306. The molecule has 0 aliphatic rings. The zero-order chi connectivity index (χ0) is 12.6. The minimum Gasteiger partial charge on any atom is -0.489 e. The Morgan fingerprint density at radius 2 is 1.72 bits per heavy atom. The fraction of sp³-hybridized carbons (Fsp3) is 0.0625. The highest BCUT2D eigenvalue weighted by atomic mass is 16.5. The van der Waals surface area contributed by atoms with Crippen LogP contribution in [0.3, 0.4) is 0 Å². The largest absolute Gasteiger partial charge is 0.489 e. The normalized spacial score (nSPS) is 10.2. The first-order chi connectivity index (χ1) is 8.88. The summed E-state index contributed by atoms with van der Waals surface area (Å²) in [5, 5.41) is 8.43. The van der Waals surface area contributed by atoms with Crippen LogP contribution in [-0.2, 0) is 6.61 Å². The van der Waals surface area contributed by atoms with Crippen LogP contribution in [0.5, 0.6) is 5.75 Å². The van der Waals surface area contributed by atoms with Gasteiger partial charge in [-0.05, 0) is 29.3 Å². The number of ether oxygens (including phenoxy) is 1. The Bertz CT molecular complexity index is 550. The van der Waals surface area contributed by atoms with Crippen molar-refractivity contribution in [2.45, 2.75) is 6.61 Å². The van der Waals surface area contributed by atoms with E-state index in [0.29, 0.717) is 6.61 Å². The summed E-state index contributed by atoms with van der Waals surface area (Å²) in [6.45, 7) is 0.564. The third-order valence-electron chi connectivity index (χ3n) is 2.48. The number of hydrogen-bond acceptors (Lipinski definition) is 2. The first-order valence-corrected chi connectivity index (χ1v) is 5.71. The molecule has 18 heavy (non-hydrogen) atoms. The van der Waals surface area contributed by atoms with Crippen LogP contribution in [0.2, 0.25) is 0 Å². The van der Waals surface area contributed by atoms with Crippen LogP contribution in [0.4, 0.5) is 0 Å². The number of nitriles is 1. The maximum absolute atomic E-state index is 8.43. The molecule has 0 saturated carbocycles. The highest BCUT2D eigenvalue weighted by Crippen LogP contribution is 2.14. The fourth-order valence-corrected chi connectivity index (χ4v) is 1.55. The first-order valence-electron chi connectivity index (χ1n) is 5.71. The summed E-state index contributed by atoms with van der Waals surface area (Å²) in [7, 11) is 0. The number of rotatable bonds is 4. The van der Waals surface area contributed by atoms with Crippen LogP contribution in [-0.4, -0.2) is 0 Å². The van der Waals surface area contributed by atoms with E-state index in [4.69, 9.17) is 10.00 Å². The van der Waals surface area contributed by atoms with E-state index in [0.717, 1.165) is 16.9 Å². The second kappa shape index (κ2) is 6.27. The fourth-order valence-electron chi connectivity index (χ4n) is 1.55. The van der Waals surface area contributed by atoms with E-state index in [1.54, 1.807) is 6.08 Å². The van der Waals surface area contributed by atoms with Crippen molar-refractivity contribution in [2.75, 3.05) is 0 Å². The van der Waals surface area contributed by atoms with Gasteiger partial charge >= 0.3 is 0 Å². The summed E-state index contributed by atoms with van der Waals surface area (Å²) in [5.74, 6) is 0.827. The van der Waals surface area contributed by atoms with Crippen molar-refractivity contribution in [3.63, 3.8) is 0 Å². The molecule has 0 bridgehead atoms. The van der Waals surface area contributed by atoms with Crippen LogP contribution in [0, 0.1) is 11.3 Å². The first kappa shape index (κ1) is 11.9. The second-order valence-electron chi connectivity index (χ2n) is 3.81.